The van der Waals surface area contributed by atoms with E-state index in [9.17, 15) is 18.3 Å². The first-order valence-electron chi connectivity index (χ1n) is 12.4. The van der Waals surface area contributed by atoms with Gasteiger partial charge in [0.1, 0.15) is 6.10 Å². The quantitative estimate of drug-likeness (QED) is 0.277. The molecule has 6 nitrogen and oxygen atoms in total. The molecular weight excluding hydrogens is 511 g/mol. The molecule has 3 unspecified atom stereocenters. The highest BCUT2D eigenvalue weighted by Crippen LogP contribution is 2.40. The smallest absolute Gasteiger partial charge is 0.416 e. The molecule has 4 rings (SSSR count). The number of hydrogen-bond acceptors (Lipinski definition) is 6. The summed E-state index contributed by atoms with van der Waals surface area (Å²) in [5, 5.41) is 11.1. The Morgan fingerprint density at radius 2 is 1.92 bits per heavy atom. The molecule has 2 aromatic rings. The van der Waals surface area contributed by atoms with Crippen LogP contribution in [-0.4, -0.2) is 62.6 Å². The minimum absolute atomic E-state index is 0.122. The molecule has 0 aromatic heterocycles. The Hall–Kier alpha value is -2.04. The van der Waals surface area contributed by atoms with E-state index in [4.69, 9.17) is 30.5 Å². The SMILES string of the molecule is COc1cc2c(cc1OC)C(COCCN1CCC(O)(c3cccc(C(F)(F)F)c3)CC1Cl)OCCC2. The Morgan fingerprint density at radius 3 is 2.62 bits per heavy atom. The summed E-state index contributed by atoms with van der Waals surface area (Å²) in [4.78, 5) is 1.97. The maximum absolute atomic E-state index is 13.1. The summed E-state index contributed by atoms with van der Waals surface area (Å²) in [6, 6.07) is 8.79. The lowest BCUT2D eigenvalue weighted by atomic mass is 9.83. The van der Waals surface area contributed by atoms with Gasteiger partial charge in [-0.3, -0.25) is 4.90 Å². The molecule has 2 aliphatic rings. The average molecular weight is 544 g/mol. The van der Waals surface area contributed by atoms with Crippen molar-refractivity contribution < 1.29 is 37.2 Å². The van der Waals surface area contributed by atoms with Crippen LogP contribution in [0.25, 0.3) is 0 Å². The second-order valence-electron chi connectivity index (χ2n) is 9.48. The Balaban J connectivity index is 1.32. The largest absolute Gasteiger partial charge is 0.493 e. The molecule has 10 heteroatoms. The Bertz CT molecular complexity index is 1070. The molecule has 2 aliphatic heterocycles. The molecule has 0 bridgehead atoms. The molecule has 1 fully saturated rings. The van der Waals surface area contributed by atoms with Gasteiger partial charge in [0.15, 0.2) is 11.5 Å². The third-order valence-corrected chi connectivity index (χ3v) is 7.57. The molecule has 0 saturated carbocycles. The minimum Gasteiger partial charge on any atom is -0.493 e. The van der Waals surface area contributed by atoms with Crippen LogP contribution in [0.1, 0.15) is 47.6 Å². The Labute approximate surface area is 220 Å². The fraction of sp³-hybridized carbons (Fsp3) is 0.556. The highest BCUT2D eigenvalue weighted by molar-refractivity contribution is 6.20. The first-order valence-corrected chi connectivity index (χ1v) is 12.8. The summed E-state index contributed by atoms with van der Waals surface area (Å²) in [6.45, 7) is 2.34. The molecule has 0 spiro atoms. The summed E-state index contributed by atoms with van der Waals surface area (Å²) in [7, 11) is 3.21. The van der Waals surface area contributed by atoms with Crippen molar-refractivity contribution in [1.29, 1.82) is 0 Å². The number of aryl methyl sites for hydroxylation is 1. The number of rotatable bonds is 8. The van der Waals surface area contributed by atoms with Gasteiger partial charge in [-0.25, -0.2) is 0 Å². The van der Waals surface area contributed by atoms with Gasteiger partial charge in [0.2, 0.25) is 0 Å². The number of benzene rings is 2. The van der Waals surface area contributed by atoms with Crippen molar-refractivity contribution in [3.05, 3.63) is 58.7 Å². The minimum atomic E-state index is -4.47. The lowest BCUT2D eigenvalue weighted by Gasteiger charge is -2.42. The molecule has 0 radical (unpaired) electrons. The van der Waals surface area contributed by atoms with Crippen LogP contribution in [0, 0.1) is 0 Å². The molecular formula is C27H33ClF3NO5. The standard InChI is InChI=1S/C27H33ClF3NO5/c1-34-22-13-18-5-4-11-37-24(21(18)15-23(22)35-2)17-36-12-10-32-9-8-26(33,16-25(32)28)19-6-3-7-20(14-19)27(29,30)31/h3,6-7,13-15,24-25,33H,4-5,8-12,16-17H2,1-2H3. The van der Waals surface area contributed by atoms with E-state index < -0.39 is 22.8 Å². The molecule has 1 saturated heterocycles. The monoisotopic (exact) mass is 543 g/mol. The zero-order valence-electron chi connectivity index (χ0n) is 21.0. The van der Waals surface area contributed by atoms with Crippen molar-refractivity contribution in [2.45, 2.75) is 49.1 Å². The predicted molar refractivity (Wildman–Crippen MR) is 133 cm³/mol. The van der Waals surface area contributed by atoms with E-state index in [1.165, 1.54) is 12.1 Å². The van der Waals surface area contributed by atoms with Crippen LogP contribution >= 0.6 is 11.6 Å². The van der Waals surface area contributed by atoms with Crippen LogP contribution < -0.4 is 9.47 Å². The number of methoxy groups -OCH3 is 2. The number of hydrogen-bond donors (Lipinski definition) is 1. The number of nitrogens with zero attached hydrogens (tertiary/aromatic N) is 1. The van der Waals surface area contributed by atoms with E-state index in [1.807, 2.05) is 17.0 Å². The van der Waals surface area contributed by atoms with Gasteiger partial charge in [-0.2, -0.15) is 13.2 Å². The summed E-state index contributed by atoms with van der Waals surface area (Å²) >= 11 is 6.56. The van der Waals surface area contributed by atoms with Crippen LogP contribution in [0.15, 0.2) is 36.4 Å². The summed E-state index contributed by atoms with van der Waals surface area (Å²) in [6.07, 6.45) is -2.53. The molecule has 2 heterocycles. The Kier molecular flexibility index (Phi) is 8.91. The Morgan fingerprint density at radius 1 is 1.16 bits per heavy atom. The fourth-order valence-electron chi connectivity index (χ4n) is 5.02. The second-order valence-corrected chi connectivity index (χ2v) is 9.98. The number of alkyl halides is 4. The zero-order valence-corrected chi connectivity index (χ0v) is 21.8. The first-order chi connectivity index (χ1) is 17.6. The number of halogens is 4. The van der Waals surface area contributed by atoms with Crippen LogP contribution in [0.2, 0.25) is 0 Å². The van der Waals surface area contributed by atoms with Crippen LogP contribution in [-0.2, 0) is 27.7 Å². The fourth-order valence-corrected chi connectivity index (χ4v) is 5.47. The van der Waals surface area contributed by atoms with Crippen molar-refractivity contribution in [3.8, 4) is 11.5 Å². The van der Waals surface area contributed by atoms with Crippen molar-refractivity contribution in [2.24, 2.45) is 0 Å². The van der Waals surface area contributed by atoms with E-state index in [0.29, 0.717) is 44.4 Å². The van der Waals surface area contributed by atoms with E-state index in [0.717, 1.165) is 36.1 Å². The summed E-state index contributed by atoms with van der Waals surface area (Å²) in [5.41, 5.74) is -0.324. The van der Waals surface area contributed by atoms with Gasteiger partial charge < -0.3 is 24.1 Å². The van der Waals surface area contributed by atoms with Gasteiger partial charge in [-0.1, -0.05) is 12.1 Å². The maximum Gasteiger partial charge on any atom is 0.416 e. The molecule has 0 aliphatic carbocycles. The van der Waals surface area contributed by atoms with Crippen LogP contribution in [0.4, 0.5) is 13.2 Å². The lowest BCUT2D eigenvalue weighted by Crippen LogP contribution is -2.47. The number of aliphatic hydroxyl groups is 1. The number of fused-ring (bicyclic) bond motifs is 1. The zero-order chi connectivity index (χ0) is 26.6. The van der Waals surface area contributed by atoms with Gasteiger partial charge in [-0.15, -0.1) is 11.6 Å². The van der Waals surface area contributed by atoms with Crippen molar-refractivity contribution >= 4 is 11.6 Å². The maximum atomic E-state index is 13.1. The van der Waals surface area contributed by atoms with Crippen molar-refractivity contribution in [2.75, 3.05) is 47.1 Å². The second kappa shape index (κ2) is 11.8. The molecule has 3 atom stereocenters. The molecule has 204 valence electrons. The van der Waals surface area contributed by atoms with E-state index in [-0.39, 0.29) is 24.5 Å². The van der Waals surface area contributed by atoms with Gasteiger partial charge in [0.25, 0.3) is 0 Å². The first kappa shape index (κ1) is 28.0. The van der Waals surface area contributed by atoms with Gasteiger partial charge in [-0.05, 0) is 60.2 Å². The molecule has 0 amide bonds. The predicted octanol–water partition coefficient (Wildman–Crippen LogP) is 5.29. The number of likely N-dealkylation sites (tertiary alicyclic amines) is 1. The van der Waals surface area contributed by atoms with Gasteiger partial charge in [0, 0.05) is 26.1 Å². The highest BCUT2D eigenvalue weighted by atomic mass is 35.5. The van der Waals surface area contributed by atoms with Gasteiger partial charge >= 0.3 is 6.18 Å². The van der Waals surface area contributed by atoms with E-state index in [2.05, 4.69) is 0 Å². The third kappa shape index (κ3) is 6.52. The molecule has 37 heavy (non-hydrogen) atoms. The van der Waals surface area contributed by atoms with E-state index in [1.54, 1.807) is 14.2 Å². The van der Waals surface area contributed by atoms with Crippen molar-refractivity contribution in [1.82, 2.24) is 4.90 Å². The van der Waals surface area contributed by atoms with Gasteiger partial charge in [0.05, 0.1) is 44.1 Å². The third-order valence-electron chi connectivity index (χ3n) is 7.14. The number of ether oxygens (including phenoxy) is 4. The lowest BCUT2D eigenvalue weighted by molar-refractivity contribution is -0.137. The van der Waals surface area contributed by atoms with E-state index >= 15 is 0 Å². The van der Waals surface area contributed by atoms with Crippen LogP contribution in [0.3, 0.4) is 0 Å². The average Bonchev–Trinajstić information content (AvgIpc) is 3.08. The normalized spacial score (nSPS) is 24.8. The topological polar surface area (TPSA) is 60.4 Å². The van der Waals surface area contributed by atoms with Crippen molar-refractivity contribution in [3.63, 3.8) is 0 Å². The number of piperidine rings is 1. The van der Waals surface area contributed by atoms with Crippen LogP contribution in [0.5, 0.6) is 11.5 Å². The highest BCUT2D eigenvalue weighted by Gasteiger charge is 2.40. The summed E-state index contributed by atoms with van der Waals surface area (Å²) < 4.78 is 62.3. The summed E-state index contributed by atoms with van der Waals surface area (Å²) in [5.74, 6) is 1.33. The molecule has 2 aromatic carbocycles. The molecule has 1 N–H and O–H groups in total.